The molecule has 1 aliphatic heterocycles. The molecule has 0 aliphatic carbocycles. The van der Waals surface area contributed by atoms with E-state index >= 15 is 0 Å². The molecule has 2 aromatic rings. The monoisotopic (exact) mass is 555 g/mol. The Hall–Kier alpha value is -2.04. The second-order valence-corrected chi connectivity index (χ2v) is 7.46. The van der Waals surface area contributed by atoms with Gasteiger partial charge in [0, 0.05) is 19.2 Å². The van der Waals surface area contributed by atoms with E-state index in [1.54, 1.807) is 7.11 Å². The quantitative estimate of drug-likeness (QED) is 0.258. The molecule has 0 bridgehead atoms. The number of para-hydroxylation sites is 2. The van der Waals surface area contributed by atoms with Crippen molar-refractivity contribution >= 4 is 29.9 Å². The van der Waals surface area contributed by atoms with Crippen molar-refractivity contribution in [2.75, 3.05) is 33.5 Å². The SMILES string of the molecule is CCNC(=NCc1ccc(Oc2ccccc2OC)cc1)NC(C)COC1CCOC1.I. The third-order valence-electron chi connectivity index (χ3n) is 4.84. The molecular formula is C24H34IN3O4. The Morgan fingerprint density at radius 1 is 1.16 bits per heavy atom. The van der Waals surface area contributed by atoms with E-state index in [0.29, 0.717) is 31.3 Å². The molecule has 2 aromatic carbocycles. The topological polar surface area (TPSA) is 73.3 Å². The first-order chi connectivity index (χ1) is 15.2. The first kappa shape index (κ1) is 26.2. The Labute approximate surface area is 207 Å². The maximum absolute atomic E-state index is 5.93. The lowest BCUT2D eigenvalue weighted by atomic mass is 10.2. The van der Waals surface area contributed by atoms with Crippen molar-refractivity contribution in [3.8, 4) is 17.2 Å². The van der Waals surface area contributed by atoms with Crippen LogP contribution in [0.25, 0.3) is 0 Å². The molecule has 0 spiro atoms. The number of hydrogen-bond acceptors (Lipinski definition) is 5. The van der Waals surface area contributed by atoms with Crippen LogP contribution in [0.5, 0.6) is 17.2 Å². The molecule has 3 rings (SSSR count). The number of rotatable bonds is 10. The lowest BCUT2D eigenvalue weighted by Crippen LogP contribution is -2.44. The molecule has 1 fully saturated rings. The molecule has 0 amide bonds. The number of ether oxygens (including phenoxy) is 4. The molecule has 2 atom stereocenters. The van der Waals surface area contributed by atoms with Crippen molar-refractivity contribution in [3.05, 3.63) is 54.1 Å². The van der Waals surface area contributed by atoms with E-state index in [0.717, 1.165) is 36.8 Å². The van der Waals surface area contributed by atoms with E-state index in [4.69, 9.17) is 23.9 Å². The number of nitrogens with one attached hydrogen (secondary N) is 2. The van der Waals surface area contributed by atoms with Crippen molar-refractivity contribution < 1.29 is 18.9 Å². The summed E-state index contributed by atoms with van der Waals surface area (Å²) in [4.78, 5) is 4.70. The van der Waals surface area contributed by atoms with Crippen LogP contribution in [0.1, 0.15) is 25.8 Å². The molecule has 8 heteroatoms. The van der Waals surface area contributed by atoms with Gasteiger partial charge in [0.15, 0.2) is 17.5 Å². The van der Waals surface area contributed by atoms with Gasteiger partial charge in [-0.15, -0.1) is 24.0 Å². The van der Waals surface area contributed by atoms with Gasteiger partial charge in [0.25, 0.3) is 0 Å². The van der Waals surface area contributed by atoms with Crippen LogP contribution >= 0.6 is 24.0 Å². The van der Waals surface area contributed by atoms with Gasteiger partial charge in [-0.3, -0.25) is 0 Å². The lowest BCUT2D eigenvalue weighted by Gasteiger charge is -2.19. The molecule has 1 saturated heterocycles. The van der Waals surface area contributed by atoms with Gasteiger partial charge in [-0.2, -0.15) is 0 Å². The lowest BCUT2D eigenvalue weighted by molar-refractivity contribution is 0.0347. The number of methoxy groups -OCH3 is 1. The average molecular weight is 555 g/mol. The smallest absolute Gasteiger partial charge is 0.191 e. The van der Waals surface area contributed by atoms with E-state index in [-0.39, 0.29) is 36.1 Å². The Kier molecular flexibility index (Phi) is 11.6. The highest BCUT2D eigenvalue weighted by Crippen LogP contribution is 2.30. The molecule has 0 aromatic heterocycles. The first-order valence-corrected chi connectivity index (χ1v) is 10.8. The van der Waals surface area contributed by atoms with Crippen LogP contribution in [-0.2, 0) is 16.0 Å². The summed E-state index contributed by atoms with van der Waals surface area (Å²) < 4.78 is 22.5. The first-order valence-electron chi connectivity index (χ1n) is 10.8. The molecule has 176 valence electrons. The van der Waals surface area contributed by atoms with Gasteiger partial charge in [-0.05, 0) is 50.1 Å². The van der Waals surface area contributed by atoms with E-state index < -0.39 is 0 Å². The molecule has 2 N–H and O–H groups in total. The Bertz CT molecular complexity index is 826. The number of aliphatic imine (C=N–C) groups is 1. The third kappa shape index (κ3) is 8.48. The average Bonchev–Trinajstić information content (AvgIpc) is 3.31. The molecule has 1 heterocycles. The van der Waals surface area contributed by atoms with Crippen LogP contribution in [0.15, 0.2) is 53.5 Å². The Balaban J connectivity index is 0.00000363. The van der Waals surface area contributed by atoms with E-state index in [2.05, 4.69) is 24.5 Å². The molecule has 32 heavy (non-hydrogen) atoms. The summed E-state index contributed by atoms with van der Waals surface area (Å²) in [6.45, 7) is 7.60. The van der Waals surface area contributed by atoms with E-state index in [1.165, 1.54) is 0 Å². The van der Waals surface area contributed by atoms with Gasteiger partial charge >= 0.3 is 0 Å². The van der Waals surface area contributed by atoms with Crippen LogP contribution in [0, 0.1) is 0 Å². The third-order valence-corrected chi connectivity index (χ3v) is 4.84. The fourth-order valence-corrected chi connectivity index (χ4v) is 3.18. The fourth-order valence-electron chi connectivity index (χ4n) is 3.18. The van der Waals surface area contributed by atoms with Gasteiger partial charge in [0.05, 0.1) is 33.0 Å². The summed E-state index contributed by atoms with van der Waals surface area (Å²) in [5, 5.41) is 6.69. The zero-order chi connectivity index (χ0) is 21.9. The summed E-state index contributed by atoms with van der Waals surface area (Å²) in [7, 11) is 1.63. The highest BCUT2D eigenvalue weighted by atomic mass is 127. The van der Waals surface area contributed by atoms with Crippen LogP contribution < -0.4 is 20.1 Å². The van der Waals surface area contributed by atoms with E-state index in [9.17, 15) is 0 Å². The predicted octanol–water partition coefficient (Wildman–Crippen LogP) is 4.35. The van der Waals surface area contributed by atoms with Crippen molar-refractivity contribution in [1.82, 2.24) is 10.6 Å². The highest BCUT2D eigenvalue weighted by molar-refractivity contribution is 14.0. The Morgan fingerprint density at radius 3 is 2.56 bits per heavy atom. The summed E-state index contributed by atoms with van der Waals surface area (Å²) in [5.41, 5.74) is 1.09. The number of benzene rings is 2. The molecular weight excluding hydrogens is 521 g/mol. The van der Waals surface area contributed by atoms with Crippen LogP contribution in [-0.4, -0.2) is 51.6 Å². The van der Waals surface area contributed by atoms with Gasteiger partial charge < -0.3 is 29.6 Å². The van der Waals surface area contributed by atoms with Crippen molar-refractivity contribution in [3.63, 3.8) is 0 Å². The number of hydrogen-bond donors (Lipinski definition) is 2. The van der Waals surface area contributed by atoms with Crippen LogP contribution in [0.2, 0.25) is 0 Å². The molecule has 0 saturated carbocycles. The summed E-state index contributed by atoms with van der Waals surface area (Å²) in [5.74, 6) is 2.92. The predicted molar refractivity (Wildman–Crippen MR) is 138 cm³/mol. The fraction of sp³-hybridized carbons (Fsp3) is 0.458. The second kappa shape index (κ2) is 14.2. The molecule has 0 radical (unpaired) electrons. The van der Waals surface area contributed by atoms with Crippen molar-refractivity contribution in [2.24, 2.45) is 4.99 Å². The minimum atomic E-state index is 0. The summed E-state index contributed by atoms with van der Waals surface area (Å²) in [6.07, 6.45) is 1.18. The van der Waals surface area contributed by atoms with Gasteiger partial charge in [0.1, 0.15) is 5.75 Å². The summed E-state index contributed by atoms with van der Waals surface area (Å²) >= 11 is 0. The van der Waals surface area contributed by atoms with Gasteiger partial charge in [-0.1, -0.05) is 24.3 Å². The molecule has 2 unspecified atom stereocenters. The van der Waals surface area contributed by atoms with Crippen molar-refractivity contribution in [1.29, 1.82) is 0 Å². The normalized spacial score (nSPS) is 16.7. The second-order valence-electron chi connectivity index (χ2n) is 7.46. The zero-order valence-electron chi connectivity index (χ0n) is 19.0. The summed E-state index contributed by atoms with van der Waals surface area (Å²) in [6, 6.07) is 15.7. The maximum atomic E-state index is 5.93. The minimum Gasteiger partial charge on any atom is -0.493 e. The number of halogens is 1. The Morgan fingerprint density at radius 2 is 1.91 bits per heavy atom. The highest BCUT2D eigenvalue weighted by Gasteiger charge is 2.17. The standard InChI is InChI=1S/C24H33N3O4.HI/c1-4-25-24(27-18(2)16-30-21-13-14-29-17-21)26-15-19-9-11-20(12-10-19)31-23-8-6-5-7-22(23)28-3;/h5-12,18,21H,4,13-17H2,1-3H3,(H2,25,26,27);1H. The van der Waals surface area contributed by atoms with Crippen LogP contribution in [0.3, 0.4) is 0 Å². The number of nitrogens with zero attached hydrogens (tertiary/aromatic N) is 1. The maximum Gasteiger partial charge on any atom is 0.191 e. The van der Waals surface area contributed by atoms with Gasteiger partial charge in [0.2, 0.25) is 0 Å². The largest absolute Gasteiger partial charge is 0.493 e. The van der Waals surface area contributed by atoms with E-state index in [1.807, 2.05) is 48.5 Å². The molecule has 1 aliphatic rings. The number of guanidine groups is 1. The minimum absolute atomic E-state index is 0. The zero-order valence-corrected chi connectivity index (χ0v) is 21.3. The van der Waals surface area contributed by atoms with Crippen molar-refractivity contribution in [2.45, 2.75) is 39.0 Å². The molecule has 7 nitrogen and oxygen atoms in total. The van der Waals surface area contributed by atoms with Crippen LogP contribution in [0.4, 0.5) is 0 Å². The van der Waals surface area contributed by atoms with Gasteiger partial charge in [-0.25, -0.2) is 4.99 Å².